The van der Waals surface area contributed by atoms with E-state index >= 15 is 0 Å². The molecule has 0 bridgehead atoms. The lowest BCUT2D eigenvalue weighted by molar-refractivity contribution is 0.0949. The quantitative estimate of drug-likeness (QED) is 0.517. The van der Waals surface area contributed by atoms with E-state index in [0.29, 0.717) is 23.6 Å². The molecule has 0 atom stereocenters. The number of amides is 1. The second-order valence-corrected chi connectivity index (χ2v) is 7.48. The zero-order chi connectivity index (χ0) is 17.5. The normalized spacial score (nSPS) is 16.0. The van der Waals surface area contributed by atoms with E-state index in [1.54, 1.807) is 20.3 Å². The van der Waals surface area contributed by atoms with Gasteiger partial charge in [-0.3, -0.25) is 4.79 Å². The van der Waals surface area contributed by atoms with Gasteiger partial charge in [-0.25, -0.2) is 0 Å². The number of hydrogen-bond acceptors (Lipinski definition) is 4. The number of halogens is 1. The molecular formula is C18H27IN2O3. The van der Waals surface area contributed by atoms with Crippen LogP contribution >= 0.6 is 22.6 Å². The summed E-state index contributed by atoms with van der Waals surface area (Å²) in [7, 11) is 3.17. The number of methoxy groups -OCH3 is 2. The summed E-state index contributed by atoms with van der Waals surface area (Å²) < 4.78 is 11.4. The summed E-state index contributed by atoms with van der Waals surface area (Å²) in [5.41, 5.74) is 0.625. The van der Waals surface area contributed by atoms with Crippen LogP contribution in [0.3, 0.4) is 0 Å². The fourth-order valence-electron chi connectivity index (χ4n) is 2.91. The molecule has 1 N–H and O–H groups in total. The van der Waals surface area contributed by atoms with Crippen LogP contribution < -0.4 is 14.8 Å². The lowest BCUT2D eigenvalue weighted by atomic mass is 9.99. The van der Waals surface area contributed by atoms with E-state index in [1.807, 2.05) is 6.07 Å². The van der Waals surface area contributed by atoms with E-state index in [0.717, 1.165) is 22.5 Å². The molecule has 5 nitrogen and oxygen atoms in total. The van der Waals surface area contributed by atoms with Crippen LogP contribution in [0, 0.1) is 9.49 Å². The Kier molecular flexibility index (Phi) is 7.61. The van der Waals surface area contributed by atoms with Crippen LogP contribution in [-0.2, 0) is 0 Å². The third-order valence-corrected chi connectivity index (χ3v) is 5.42. The van der Waals surface area contributed by atoms with Gasteiger partial charge in [-0.2, -0.15) is 0 Å². The number of likely N-dealkylation sites (tertiary alicyclic amines) is 1. The Morgan fingerprint density at radius 2 is 1.88 bits per heavy atom. The Labute approximate surface area is 158 Å². The molecule has 134 valence electrons. The van der Waals surface area contributed by atoms with Gasteiger partial charge in [0.05, 0.1) is 19.8 Å². The minimum atomic E-state index is -0.0624. The molecule has 0 aromatic heterocycles. The van der Waals surface area contributed by atoms with Gasteiger partial charge in [-0.1, -0.05) is 6.92 Å². The molecule has 1 fully saturated rings. The van der Waals surface area contributed by atoms with E-state index in [-0.39, 0.29) is 5.91 Å². The highest BCUT2D eigenvalue weighted by molar-refractivity contribution is 14.1. The number of ether oxygens (including phenoxy) is 2. The Bertz CT molecular complexity index is 557. The van der Waals surface area contributed by atoms with Crippen molar-refractivity contribution >= 4 is 28.5 Å². The van der Waals surface area contributed by atoms with E-state index < -0.39 is 0 Å². The zero-order valence-corrected chi connectivity index (χ0v) is 16.9. The van der Waals surface area contributed by atoms with Gasteiger partial charge in [0.1, 0.15) is 0 Å². The molecule has 1 aliphatic rings. The average molecular weight is 446 g/mol. The van der Waals surface area contributed by atoms with Crippen molar-refractivity contribution in [2.24, 2.45) is 5.92 Å². The van der Waals surface area contributed by atoms with E-state index in [4.69, 9.17) is 9.47 Å². The molecular weight excluding hydrogens is 419 g/mol. The highest BCUT2D eigenvalue weighted by Crippen LogP contribution is 2.31. The average Bonchev–Trinajstić information content (AvgIpc) is 2.59. The van der Waals surface area contributed by atoms with Crippen molar-refractivity contribution in [3.05, 3.63) is 21.3 Å². The summed E-state index contributed by atoms with van der Waals surface area (Å²) in [6.07, 6.45) is 3.55. The van der Waals surface area contributed by atoms with Gasteiger partial charge in [0.25, 0.3) is 5.91 Å². The van der Waals surface area contributed by atoms with Crippen LogP contribution in [0.4, 0.5) is 0 Å². The van der Waals surface area contributed by atoms with Crippen LogP contribution in [-0.4, -0.2) is 51.2 Å². The highest BCUT2D eigenvalue weighted by atomic mass is 127. The number of hydrogen-bond donors (Lipinski definition) is 1. The molecule has 0 radical (unpaired) electrons. The molecule has 2 rings (SSSR count). The predicted octanol–water partition coefficient (Wildman–Crippen LogP) is 3.16. The van der Waals surface area contributed by atoms with Crippen LogP contribution in [0.2, 0.25) is 0 Å². The molecule has 1 amide bonds. The molecule has 0 spiro atoms. The first-order valence-corrected chi connectivity index (χ1v) is 9.55. The second kappa shape index (κ2) is 9.46. The first-order valence-electron chi connectivity index (χ1n) is 8.47. The smallest absolute Gasteiger partial charge is 0.252 e. The van der Waals surface area contributed by atoms with Crippen molar-refractivity contribution in [2.45, 2.75) is 26.2 Å². The molecule has 1 saturated heterocycles. The standard InChI is InChI=1S/C18H27IN2O3/c1-13-5-9-21(10-6-13)8-4-7-20-18(22)14-11-16(23-2)17(24-3)12-15(14)19/h11-13H,4-10H2,1-3H3,(H,20,22). The molecule has 0 saturated carbocycles. The van der Waals surface area contributed by atoms with Crippen LogP contribution in [0.1, 0.15) is 36.5 Å². The summed E-state index contributed by atoms with van der Waals surface area (Å²) in [6, 6.07) is 3.56. The van der Waals surface area contributed by atoms with Gasteiger partial charge in [-0.05, 0) is 79.5 Å². The maximum atomic E-state index is 12.4. The summed E-state index contributed by atoms with van der Waals surface area (Å²) in [4.78, 5) is 14.9. The van der Waals surface area contributed by atoms with Crippen molar-refractivity contribution in [2.75, 3.05) is 40.4 Å². The summed E-state index contributed by atoms with van der Waals surface area (Å²) in [5, 5.41) is 3.01. The molecule has 24 heavy (non-hydrogen) atoms. The molecule has 1 aromatic rings. The number of nitrogens with one attached hydrogen (secondary N) is 1. The minimum Gasteiger partial charge on any atom is -0.493 e. The van der Waals surface area contributed by atoms with Gasteiger partial charge < -0.3 is 19.7 Å². The van der Waals surface area contributed by atoms with Gasteiger partial charge in [0.2, 0.25) is 0 Å². The molecule has 1 heterocycles. The maximum absolute atomic E-state index is 12.4. The Morgan fingerprint density at radius 1 is 1.25 bits per heavy atom. The maximum Gasteiger partial charge on any atom is 0.252 e. The molecule has 1 aromatic carbocycles. The number of benzene rings is 1. The minimum absolute atomic E-state index is 0.0624. The van der Waals surface area contributed by atoms with E-state index in [1.165, 1.54) is 25.9 Å². The van der Waals surface area contributed by atoms with E-state index in [2.05, 4.69) is 39.7 Å². The zero-order valence-electron chi connectivity index (χ0n) is 14.7. The molecule has 0 unspecified atom stereocenters. The summed E-state index contributed by atoms with van der Waals surface area (Å²) in [5.74, 6) is 2.00. The van der Waals surface area contributed by atoms with Crippen molar-refractivity contribution in [3.8, 4) is 11.5 Å². The third kappa shape index (κ3) is 5.24. The Morgan fingerprint density at radius 3 is 2.50 bits per heavy atom. The second-order valence-electron chi connectivity index (χ2n) is 6.32. The fraction of sp³-hybridized carbons (Fsp3) is 0.611. The number of carbonyl (C=O) groups is 1. The summed E-state index contributed by atoms with van der Waals surface area (Å²) >= 11 is 2.15. The van der Waals surface area contributed by atoms with Crippen molar-refractivity contribution in [1.82, 2.24) is 10.2 Å². The number of rotatable bonds is 7. The number of piperidine rings is 1. The molecule has 0 aliphatic carbocycles. The van der Waals surface area contributed by atoms with Gasteiger partial charge in [0, 0.05) is 10.1 Å². The van der Waals surface area contributed by atoms with E-state index in [9.17, 15) is 4.79 Å². The lowest BCUT2D eigenvalue weighted by Gasteiger charge is -2.30. The summed E-state index contributed by atoms with van der Waals surface area (Å²) in [6.45, 7) is 6.43. The SMILES string of the molecule is COc1cc(I)c(C(=O)NCCCN2CCC(C)CC2)cc1OC. The third-order valence-electron chi connectivity index (χ3n) is 4.53. The van der Waals surface area contributed by atoms with Crippen LogP contribution in [0.15, 0.2) is 12.1 Å². The van der Waals surface area contributed by atoms with Crippen LogP contribution in [0.5, 0.6) is 11.5 Å². The van der Waals surface area contributed by atoms with Gasteiger partial charge in [0.15, 0.2) is 11.5 Å². The van der Waals surface area contributed by atoms with Crippen LogP contribution in [0.25, 0.3) is 0 Å². The first kappa shape index (κ1) is 19.3. The Hall–Kier alpha value is -1.02. The number of carbonyl (C=O) groups excluding carboxylic acids is 1. The fourth-order valence-corrected chi connectivity index (χ4v) is 3.60. The van der Waals surface area contributed by atoms with Crippen molar-refractivity contribution < 1.29 is 14.3 Å². The van der Waals surface area contributed by atoms with Crippen molar-refractivity contribution in [1.29, 1.82) is 0 Å². The Balaban J connectivity index is 1.82. The number of nitrogens with zero attached hydrogens (tertiary/aromatic N) is 1. The largest absolute Gasteiger partial charge is 0.493 e. The molecule has 6 heteroatoms. The van der Waals surface area contributed by atoms with Gasteiger partial charge in [-0.15, -0.1) is 0 Å². The lowest BCUT2D eigenvalue weighted by Crippen LogP contribution is -2.35. The molecule has 1 aliphatic heterocycles. The monoisotopic (exact) mass is 446 g/mol. The first-order chi connectivity index (χ1) is 11.5. The highest BCUT2D eigenvalue weighted by Gasteiger charge is 2.17. The topological polar surface area (TPSA) is 50.8 Å². The van der Waals surface area contributed by atoms with Crippen molar-refractivity contribution in [3.63, 3.8) is 0 Å². The van der Waals surface area contributed by atoms with Gasteiger partial charge >= 0.3 is 0 Å². The predicted molar refractivity (Wildman–Crippen MR) is 104 cm³/mol.